The van der Waals surface area contributed by atoms with E-state index in [0.717, 1.165) is 53.7 Å². The molecule has 0 bridgehead atoms. The summed E-state index contributed by atoms with van der Waals surface area (Å²) in [5, 5.41) is 13.6. The van der Waals surface area contributed by atoms with Gasteiger partial charge in [0.15, 0.2) is 0 Å². The summed E-state index contributed by atoms with van der Waals surface area (Å²) < 4.78 is 1.85. The van der Waals surface area contributed by atoms with Crippen LogP contribution in [0.5, 0.6) is 5.75 Å². The molecule has 2 heterocycles. The fourth-order valence-corrected chi connectivity index (χ4v) is 4.73. The molecule has 0 saturated carbocycles. The highest BCUT2D eigenvalue weighted by Crippen LogP contribution is 2.41. The number of halogens is 2. The van der Waals surface area contributed by atoms with Crippen LogP contribution in [0.15, 0.2) is 33.3 Å². The molecule has 1 aliphatic carbocycles. The maximum absolute atomic E-state index is 10.1. The molecule has 0 radical (unpaired) electrons. The number of phenolic OH excluding ortho intramolecular Hbond substituents is 1. The average Bonchev–Trinajstić information content (AvgIpc) is 2.84. The molecule has 1 aromatic carbocycles. The third-order valence-corrected chi connectivity index (χ3v) is 6.26. The Morgan fingerprint density at radius 2 is 1.88 bits per heavy atom. The third-order valence-electron chi connectivity index (χ3n) is 4.94. The van der Waals surface area contributed by atoms with Gasteiger partial charge in [-0.1, -0.05) is 19.9 Å². The number of rotatable bonds is 1. The molecule has 1 fully saturated rings. The van der Waals surface area contributed by atoms with Crippen LogP contribution in [0.3, 0.4) is 0 Å². The van der Waals surface area contributed by atoms with Crippen molar-refractivity contribution < 1.29 is 5.11 Å². The normalized spacial score (nSPS) is 19.6. The Hall–Kier alpha value is -0.950. The van der Waals surface area contributed by atoms with Crippen LogP contribution in [0.1, 0.15) is 42.3 Å². The second-order valence-corrected chi connectivity index (χ2v) is 8.06. The summed E-state index contributed by atoms with van der Waals surface area (Å²) in [6.45, 7) is 7.99. The van der Waals surface area contributed by atoms with Crippen LogP contribution in [0.25, 0.3) is 0 Å². The van der Waals surface area contributed by atoms with Gasteiger partial charge >= 0.3 is 0 Å². The van der Waals surface area contributed by atoms with Gasteiger partial charge in [0.05, 0.1) is 16.2 Å². The van der Waals surface area contributed by atoms with Crippen molar-refractivity contribution in [3.63, 3.8) is 0 Å². The molecule has 2 N–H and O–H groups in total. The van der Waals surface area contributed by atoms with E-state index in [4.69, 9.17) is 4.98 Å². The monoisotopic (exact) mass is 481 g/mol. The van der Waals surface area contributed by atoms with E-state index in [-0.39, 0.29) is 6.04 Å². The summed E-state index contributed by atoms with van der Waals surface area (Å²) in [4.78, 5) is 7.30. The molecule has 1 atom stereocenters. The van der Waals surface area contributed by atoms with Gasteiger partial charge in [0, 0.05) is 36.8 Å². The smallest absolute Gasteiger partial charge is 0.130 e. The van der Waals surface area contributed by atoms with Crippen LogP contribution in [0.4, 0.5) is 0 Å². The van der Waals surface area contributed by atoms with Crippen molar-refractivity contribution in [1.82, 2.24) is 15.2 Å². The first-order valence-corrected chi connectivity index (χ1v) is 10.8. The second kappa shape index (κ2) is 8.83. The summed E-state index contributed by atoms with van der Waals surface area (Å²) >= 11 is 7.16. The number of nitrogens with zero attached hydrogens (tertiary/aromatic N) is 2. The van der Waals surface area contributed by atoms with Crippen LogP contribution < -0.4 is 5.32 Å². The molecular formula is C20H25Br2N3O. The van der Waals surface area contributed by atoms with Crippen LogP contribution in [0.2, 0.25) is 0 Å². The molecule has 2 aromatic rings. The van der Waals surface area contributed by atoms with Crippen molar-refractivity contribution in [2.45, 2.75) is 32.7 Å². The molecular weight excluding hydrogens is 458 g/mol. The molecule has 1 aromatic heterocycles. The number of aromatic nitrogens is 1. The van der Waals surface area contributed by atoms with Gasteiger partial charge in [-0.3, -0.25) is 9.88 Å². The van der Waals surface area contributed by atoms with Gasteiger partial charge in [0.25, 0.3) is 0 Å². The lowest BCUT2D eigenvalue weighted by molar-refractivity contribution is 0.195. The van der Waals surface area contributed by atoms with E-state index < -0.39 is 0 Å². The predicted molar refractivity (Wildman–Crippen MR) is 113 cm³/mol. The SMILES string of the molecule is CC.Oc1ccc2c(c1Br)CCc1cc(Br)cnc1C2N1CCNCC1. The molecule has 0 amide bonds. The zero-order valence-electron chi connectivity index (χ0n) is 15.2. The second-order valence-electron chi connectivity index (χ2n) is 6.35. The first-order chi connectivity index (χ1) is 12.6. The Kier molecular flexibility index (Phi) is 6.72. The fourth-order valence-electron chi connectivity index (χ4n) is 3.79. The summed E-state index contributed by atoms with van der Waals surface area (Å²) in [5.74, 6) is 0.313. The van der Waals surface area contributed by atoms with E-state index >= 15 is 0 Å². The first-order valence-electron chi connectivity index (χ1n) is 9.24. The van der Waals surface area contributed by atoms with Gasteiger partial charge in [0.1, 0.15) is 5.75 Å². The predicted octanol–water partition coefficient (Wildman–Crippen LogP) is 4.43. The number of phenols is 1. The van der Waals surface area contributed by atoms with Gasteiger partial charge in [-0.15, -0.1) is 0 Å². The van der Waals surface area contributed by atoms with Crippen molar-refractivity contribution >= 4 is 31.9 Å². The zero-order chi connectivity index (χ0) is 18.7. The Morgan fingerprint density at radius 1 is 1.15 bits per heavy atom. The Morgan fingerprint density at radius 3 is 2.62 bits per heavy atom. The minimum absolute atomic E-state index is 0.143. The highest BCUT2D eigenvalue weighted by Gasteiger charge is 2.32. The van der Waals surface area contributed by atoms with Gasteiger partial charge in [-0.25, -0.2) is 0 Å². The molecule has 0 spiro atoms. The minimum Gasteiger partial charge on any atom is -0.507 e. The van der Waals surface area contributed by atoms with Gasteiger partial charge in [0.2, 0.25) is 0 Å². The number of pyridine rings is 1. The van der Waals surface area contributed by atoms with Gasteiger partial charge in [-0.05, 0) is 73.5 Å². The van der Waals surface area contributed by atoms with E-state index in [0.29, 0.717) is 5.75 Å². The number of hydrogen-bond donors (Lipinski definition) is 2. The number of aromatic hydroxyl groups is 1. The summed E-state index contributed by atoms with van der Waals surface area (Å²) in [7, 11) is 0. The maximum atomic E-state index is 10.1. The number of piperazine rings is 1. The van der Waals surface area contributed by atoms with E-state index in [2.05, 4.69) is 54.2 Å². The van der Waals surface area contributed by atoms with E-state index in [1.807, 2.05) is 20.0 Å². The number of fused-ring (bicyclic) bond motifs is 2. The first kappa shape index (κ1) is 19.8. The zero-order valence-corrected chi connectivity index (χ0v) is 18.4. The van der Waals surface area contributed by atoms with Crippen LogP contribution in [0, 0.1) is 0 Å². The minimum atomic E-state index is 0.143. The number of hydrogen-bond acceptors (Lipinski definition) is 4. The Balaban J connectivity index is 0.000000948. The van der Waals surface area contributed by atoms with Crippen molar-refractivity contribution in [3.8, 4) is 5.75 Å². The summed E-state index contributed by atoms with van der Waals surface area (Å²) in [5.41, 5.74) is 4.90. The molecule has 4 nitrogen and oxygen atoms in total. The molecule has 2 aliphatic rings. The van der Waals surface area contributed by atoms with Crippen LogP contribution in [-0.2, 0) is 12.8 Å². The number of aryl methyl sites for hydroxylation is 1. The standard InChI is InChI=1S/C18H19Br2N3O.C2H6/c19-12-9-11-1-2-13-14(3-4-15(24)16(13)20)18(17(11)22-10-12)23-7-5-21-6-8-23;1-2/h3-4,9-10,18,21,24H,1-2,5-8H2;1-2H3. The molecule has 6 heteroatoms. The Bertz CT molecular complexity index is 776. The fraction of sp³-hybridized carbons (Fsp3) is 0.450. The molecule has 1 saturated heterocycles. The van der Waals surface area contributed by atoms with Crippen molar-refractivity contribution in [2.24, 2.45) is 0 Å². The molecule has 4 rings (SSSR count). The maximum Gasteiger partial charge on any atom is 0.130 e. The van der Waals surface area contributed by atoms with Gasteiger partial charge in [-0.2, -0.15) is 0 Å². The van der Waals surface area contributed by atoms with Crippen LogP contribution in [-0.4, -0.2) is 41.2 Å². The number of benzene rings is 1. The van der Waals surface area contributed by atoms with Crippen LogP contribution >= 0.6 is 31.9 Å². The largest absolute Gasteiger partial charge is 0.507 e. The lowest BCUT2D eigenvalue weighted by Gasteiger charge is -2.36. The quantitative estimate of drug-likeness (QED) is 0.631. The lowest BCUT2D eigenvalue weighted by atomic mass is 9.96. The summed E-state index contributed by atoms with van der Waals surface area (Å²) in [6.07, 6.45) is 3.73. The van der Waals surface area contributed by atoms with Crippen molar-refractivity contribution in [3.05, 3.63) is 55.7 Å². The van der Waals surface area contributed by atoms with E-state index in [9.17, 15) is 5.11 Å². The Labute approximate surface area is 172 Å². The number of nitrogens with one attached hydrogen (secondary N) is 1. The molecule has 26 heavy (non-hydrogen) atoms. The van der Waals surface area contributed by atoms with E-state index in [1.165, 1.54) is 16.7 Å². The third kappa shape index (κ3) is 3.84. The molecule has 140 valence electrons. The topological polar surface area (TPSA) is 48.4 Å². The van der Waals surface area contributed by atoms with Gasteiger partial charge < -0.3 is 10.4 Å². The molecule has 1 aliphatic heterocycles. The molecule has 1 unspecified atom stereocenters. The van der Waals surface area contributed by atoms with Crippen molar-refractivity contribution in [1.29, 1.82) is 0 Å². The lowest BCUT2D eigenvalue weighted by Crippen LogP contribution is -2.45. The average molecular weight is 483 g/mol. The van der Waals surface area contributed by atoms with Crippen molar-refractivity contribution in [2.75, 3.05) is 26.2 Å². The summed E-state index contributed by atoms with van der Waals surface area (Å²) in [6, 6.07) is 6.20. The highest BCUT2D eigenvalue weighted by atomic mass is 79.9. The van der Waals surface area contributed by atoms with E-state index in [1.54, 1.807) is 6.07 Å². The highest BCUT2D eigenvalue weighted by molar-refractivity contribution is 9.10.